The minimum Gasteiger partial charge on any atom is -0.453 e. The lowest BCUT2D eigenvalue weighted by Gasteiger charge is -2.15. The summed E-state index contributed by atoms with van der Waals surface area (Å²) >= 11 is 0. The summed E-state index contributed by atoms with van der Waals surface area (Å²) in [4.78, 5) is 19.9. The molecule has 6 heteroatoms. The zero-order valence-electron chi connectivity index (χ0n) is 9.27. The van der Waals surface area contributed by atoms with E-state index < -0.39 is 0 Å². The molecular formula is C10H16N4O2. The molecule has 16 heavy (non-hydrogen) atoms. The average Bonchev–Trinajstić information content (AvgIpc) is 2.96. The Kier molecular flexibility index (Phi) is 3.40. The maximum atomic E-state index is 11.3. The zero-order valence-corrected chi connectivity index (χ0v) is 9.27. The molecule has 6 nitrogen and oxygen atoms in total. The predicted octanol–water partition coefficient (Wildman–Crippen LogP) is 0.340. The number of hydrogen-bond donors (Lipinski definition) is 2. The van der Waals surface area contributed by atoms with Gasteiger partial charge in [0.05, 0.1) is 13.4 Å². The van der Waals surface area contributed by atoms with Crippen LogP contribution in [-0.2, 0) is 11.3 Å². The minimum absolute atomic E-state index is 0.245. The molecule has 2 heterocycles. The van der Waals surface area contributed by atoms with Crippen LogP contribution < -0.4 is 5.32 Å². The number of ether oxygens (including phenoxy) is 1. The van der Waals surface area contributed by atoms with Gasteiger partial charge in [0.2, 0.25) is 0 Å². The highest BCUT2D eigenvalue weighted by atomic mass is 16.5. The molecule has 1 atom stereocenters. The van der Waals surface area contributed by atoms with Crippen molar-refractivity contribution >= 4 is 6.09 Å². The van der Waals surface area contributed by atoms with E-state index in [-0.39, 0.29) is 6.09 Å². The quantitative estimate of drug-likeness (QED) is 0.776. The molecule has 1 saturated heterocycles. The average molecular weight is 224 g/mol. The number of nitrogens with one attached hydrogen (secondary N) is 2. The van der Waals surface area contributed by atoms with Gasteiger partial charge in [-0.2, -0.15) is 0 Å². The van der Waals surface area contributed by atoms with Crippen molar-refractivity contribution < 1.29 is 9.53 Å². The van der Waals surface area contributed by atoms with E-state index in [1.54, 1.807) is 17.4 Å². The Morgan fingerprint density at radius 2 is 2.69 bits per heavy atom. The number of aromatic amines is 1. The summed E-state index contributed by atoms with van der Waals surface area (Å²) in [5.41, 5.74) is 1.05. The smallest absolute Gasteiger partial charge is 0.409 e. The van der Waals surface area contributed by atoms with E-state index >= 15 is 0 Å². The van der Waals surface area contributed by atoms with Crippen LogP contribution in [0.25, 0.3) is 0 Å². The summed E-state index contributed by atoms with van der Waals surface area (Å²) in [6.45, 7) is 2.22. The van der Waals surface area contributed by atoms with Crippen molar-refractivity contribution in [2.75, 3.05) is 20.2 Å². The van der Waals surface area contributed by atoms with E-state index in [1.165, 1.54) is 7.11 Å². The number of hydrogen-bond acceptors (Lipinski definition) is 4. The van der Waals surface area contributed by atoms with E-state index in [2.05, 4.69) is 20.0 Å². The number of aromatic nitrogens is 2. The molecular weight excluding hydrogens is 208 g/mol. The third kappa shape index (κ3) is 2.52. The number of methoxy groups -OCH3 is 1. The third-order valence-corrected chi connectivity index (χ3v) is 2.76. The van der Waals surface area contributed by atoms with Crippen LogP contribution in [0.2, 0.25) is 0 Å². The fourth-order valence-electron chi connectivity index (χ4n) is 1.86. The van der Waals surface area contributed by atoms with Crippen LogP contribution in [-0.4, -0.2) is 47.2 Å². The molecule has 1 unspecified atom stereocenters. The standard InChI is InChI=1S/C10H16N4O2/c1-16-10(15)14-3-2-8(6-14)12-5-9-4-11-7-13-9/h4,7-8,12H,2-3,5-6H2,1H3,(H,11,13). The molecule has 0 bridgehead atoms. The van der Waals surface area contributed by atoms with Gasteiger partial charge in [0.25, 0.3) is 0 Å². The molecule has 0 aromatic carbocycles. The summed E-state index contributed by atoms with van der Waals surface area (Å²) in [6, 6.07) is 0.336. The highest BCUT2D eigenvalue weighted by Crippen LogP contribution is 2.10. The topological polar surface area (TPSA) is 70.2 Å². The van der Waals surface area contributed by atoms with Crippen LogP contribution in [0.1, 0.15) is 12.1 Å². The molecule has 2 rings (SSSR count). The Labute approximate surface area is 94.0 Å². The molecule has 1 aliphatic heterocycles. The lowest BCUT2D eigenvalue weighted by atomic mass is 10.2. The number of amides is 1. The Morgan fingerprint density at radius 1 is 1.81 bits per heavy atom. The predicted molar refractivity (Wildman–Crippen MR) is 57.8 cm³/mol. The van der Waals surface area contributed by atoms with Gasteiger partial charge in [-0.3, -0.25) is 0 Å². The van der Waals surface area contributed by atoms with Crippen molar-refractivity contribution in [3.8, 4) is 0 Å². The molecule has 1 fully saturated rings. The van der Waals surface area contributed by atoms with Gasteiger partial charge in [0.1, 0.15) is 0 Å². The van der Waals surface area contributed by atoms with Crippen molar-refractivity contribution in [3.63, 3.8) is 0 Å². The van der Waals surface area contributed by atoms with Gasteiger partial charge in [0.15, 0.2) is 0 Å². The van der Waals surface area contributed by atoms with Gasteiger partial charge in [-0.15, -0.1) is 0 Å². The Morgan fingerprint density at radius 3 is 3.38 bits per heavy atom. The largest absolute Gasteiger partial charge is 0.453 e. The van der Waals surface area contributed by atoms with E-state index in [0.717, 1.165) is 25.2 Å². The second-order valence-electron chi connectivity index (χ2n) is 3.86. The second kappa shape index (κ2) is 4.98. The molecule has 1 aromatic heterocycles. The number of imidazole rings is 1. The first-order valence-corrected chi connectivity index (χ1v) is 5.33. The van der Waals surface area contributed by atoms with Crippen molar-refractivity contribution in [1.29, 1.82) is 0 Å². The fraction of sp³-hybridized carbons (Fsp3) is 0.600. The molecule has 2 N–H and O–H groups in total. The normalized spacial score (nSPS) is 20.1. The van der Waals surface area contributed by atoms with Crippen LogP contribution in [0.4, 0.5) is 4.79 Å². The van der Waals surface area contributed by atoms with Gasteiger partial charge in [0, 0.05) is 37.6 Å². The van der Waals surface area contributed by atoms with Gasteiger partial charge in [-0.25, -0.2) is 9.78 Å². The van der Waals surface area contributed by atoms with Crippen LogP contribution in [0, 0.1) is 0 Å². The van der Waals surface area contributed by atoms with Crippen molar-refractivity contribution in [1.82, 2.24) is 20.2 Å². The molecule has 0 spiro atoms. The van der Waals surface area contributed by atoms with Crippen molar-refractivity contribution in [2.45, 2.75) is 19.0 Å². The van der Waals surface area contributed by atoms with Gasteiger partial charge >= 0.3 is 6.09 Å². The van der Waals surface area contributed by atoms with E-state index in [4.69, 9.17) is 0 Å². The third-order valence-electron chi connectivity index (χ3n) is 2.76. The van der Waals surface area contributed by atoms with Crippen molar-refractivity contribution in [3.05, 3.63) is 18.2 Å². The second-order valence-corrected chi connectivity index (χ2v) is 3.86. The number of carbonyl (C=O) groups is 1. The molecule has 1 aliphatic rings. The van der Waals surface area contributed by atoms with Crippen LogP contribution in [0.5, 0.6) is 0 Å². The molecule has 1 aromatic rings. The summed E-state index contributed by atoms with van der Waals surface area (Å²) < 4.78 is 4.68. The van der Waals surface area contributed by atoms with Gasteiger partial charge in [-0.05, 0) is 6.42 Å². The molecule has 1 amide bonds. The number of H-pyrrole nitrogens is 1. The summed E-state index contributed by atoms with van der Waals surface area (Å²) in [6.07, 6.45) is 4.17. The van der Waals surface area contributed by atoms with Gasteiger partial charge in [-0.1, -0.05) is 0 Å². The van der Waals surface area contributed by atoms with Gasteiger partial charge < -0.3 is 19.9 Å². The number of carbonyl (C=O) groups excluding carboxylic acids is 1. The number of rotatable bonds is 3. The number of likely N-dealkylation sites (tertiary alicyclic amines) is 1. The first-order valence-electron chi connectivity index (χ1n) is 5.33. The number of nitrogens with zero attached hydrogens (tertiary/aromatic N) is 2. The Bertz CT molecular complexity index is 339. The Hall–Kier alpha value is -1.56. The van der Waals surface area contributed by atoms with E-state index in [1.807, 2.05) is 0 Å². The first-order chi connectivity index (χ1) is 7.79. The highest BCUT2D eigenvalue weighted by Gasteiger charge is 2.26. The summed E-state index contributed by atoms with van der Waals surface area (Å²) in [7, 11) is 1.41. The maximum absolute atomic E-state index is 11.3. The van der Waals surface area contributed by atoms with Crippen molar-refractivity contribution in [2.24, 2.45) is 0 Å². The molecule has 0 aliphatic carbocycles. The van der Waals surface area contributed by atoms with Crippen LogP contribution >= 0.6 is 0 Å². The molecule has 0 saturated carbocycles. The lowest BCUT2D eigenvalue weighted by molar-refractivity contribution is 0.132. The zero-order chi connectivity index (χ0) is 11.4. The van der Waals surface area contributed by atoms with Crippen LogP contribution in [0.15, 0.2) is 12.5 Å². The molecule has 0 radical (unpaired) electrons. The monoisotopic (exact) mass is 224 g/mol. The fourth-order valence-corrected chi connectivity index (χ4v) is 1.86. The lowest BCUT2D eigenvalue weighted by Crippen LogP contribution is -2.34. The highest BCUT2D eigenvalue weighted by molar-refractivity contribution is 5.67. The van der Waals surface area contributed by atoms with E-state index in [9.17, 15) is 4.79 Å². The van der Waals surface area contributed by atoms with E-state index in [0.29, 0.717) is 12.6 Å². The van der Waals surface area contributed by atoms with Crippen LogP contribution in [0.3, 0.4) is 0 Å². The molecule has 88 valence electrons. The summed E-state index contributed by atoms with van der Waals surface area (Å²) in [5, 5.41) is 3.37. The maximum Gasteiger partial charge on any atom is 0.409 e. The minimum atomic E-state index is -0.245. The Balaban J connectivity index is 1.75. The first kappa shape index (κ1) is 10.9. The summed E-state index contributed by atoms with van der Waals surface area (Å²) in [5.74, 6) is 0. The SMILES string of the molecule is COC(=O)N1CCC(NCc2cnc[nH]2)C1.